The van der Waals surface area contributed by atoms with Gasteiger partial charge in [0.05, 0.1) is 0 Å². The van der Waals surface area contributed by atoms with E-state index in [1.165, 1.54) is 70.6 Å². The minimum absolute atomic E-state index is 0.782. The van der Waals surface area contributed by atoms with Crippen LogP contribution < -0.4 is 0 Å². The van der Waals surface area contributed by atoms with Crippen LogP contribution in [-0.4, -0.2) is 6.29 Å². The van der Waals surface area contributed by atoms with Gasteiger partial charge in [-0.3, -0.25) is 0 Å². The topological polar surface area (TPSA) is 17.1 Å². The van der Waals surface area contributed by atoms with Crippen LogP contribution >= 0.6 is 0 Å². The van der Waals surface area contributed by atoms with Gasteiger partial charge in [-0.1, -0.05) is 70.6 Å². The molecular weight excluding hydrogens is 196 g/mol. The predicted octanol–water partition coefficient (Wildman–Crippen LogP) is 4.89. The molecule has 0 heterocycles. The Morgan fingerprint density at radius 3 is 1.62 bits per heavy atom. The average Bonchev–Trinajstić information content (AvgIpc) is 2.28. The molecule has 0 saturated heterocycles. The van der Waals surface area contributed by atoms with Crippen molar-refractivity contribution < 1.29 is 4.79 Å². The lowest BCUT2D eigenvalue weighted by Crippen LogP contribution is -2.02. The van der Waals surface area contributed by atoms with E-state index in [-0.39, 0.29) is 0 Å². The summed E-state index contributed by atoms with van der Waals surface area (Å²) in [5.74, 6) is 0.838. The second-order valence-corrected chi connectivity index (χ2v) is 5.37. The van der Waals surface area contributed by atoms with Gasteiger partial charge in [-0.2, -0.15) is 0 Å². The van der Waals surface area contributed by atoms with Crippen LogP contribution in [0.2, 0.25) is 0 Å². The molecule has 1 rings (SSSR count). The van der Waals surface area contributed by atoms with E-state index in [0.29, 0.717) is 0 Å². The molecule has 1 saturated carbocycles. The highest BCUT2D eigenvalue weighted by Crippen LogP contribution is 2.23. The molecule has 94 valence electrons. The van der Waals surface area contributed by atoms with Gasteiger partial charge in [0.15, 0.2) is 0 Å². The van der Waals surface area contributed by atoms with E-state index in [9.17, 15) is 4.79 Å². The fourth-order valence-corrected chi connectivity index (χ4v) is 2.84. The maximum Gasteiger partial charge on any atom is 0.120 e. The molecule has 0 aromatic rings. The number of rotatable bonds is 3. The van der Waals surface area contributed by atoms with E-state index >= 15 is 0 Å². The minimum atomic E-state index is 0.782. The van der Waals surface area contributed by atoms with E-state index in [2.05, 4.69) is 0 Å². The maximum absolute atomic E-state index is 10.4. The van der Waals surface area contributed by atoms with Gasteiger partial charge in [-0.25, -0.2) is 0 Å². The molecule has 0 bridgehead atoms. The Morgan fingerprint density at radius 2 is 1.19 bits per heavy atom. The Balaban J connectivity index is 2.21. The number of carbonyl (C=O) groups is 1. The van der Waals surface area contributed by atoms with Crippen LogP contribution in [0.5, 0.6) is 0 Å². The van der Waals surface area contributed by atoms with Crippen molar-refractivity contribution in [3.05, 3.63) is 0 Å². The fraction of sp³-hybridized carbons (Fsp3) is 0.933. The summed E-state index contributed by atoms with van der Waals surface area (Å²) in [6.07, 6.45) is 18.6. The van der Waals surface area contributed by atoms with Crippen LogP contribution in [0.25, 0.3) is 0 Å². The molecule has 0 aromatic heterocycles. The predicted molar refractivity (Wildman–Crippen MR) is 69.6 cm³/mol. The third-order valence-corrected chi connectivity index (χ3v) is 3.92. The summed E-state index contributed by atoms with van der Waals surface area (Å²) >= 11 is 0. The van der Waals surface area contributed by atoms with Gasteiger partial charge in [0.25, 0.3) is 0 Å². The molecule has 16 heavy (non-hydrogen) atoms. The summed E-state index contributed by atoms with van der Waals surface area (Å²) in [5.41, 5.74) is 0. The molecule has 0 unspecified atom stereocenters. The van der Waals surface area contributed by atoms with Crippen LogP contribution in [0.4, 0.5) is 0 Å². The Labute approximate surface area is 101 Å². The normalized spacial score (nSPS) is 22.0. The molecular formula is C15H28O. The Kier molecular flexibility index (Phi) is 8.47. The van der Waals surface area contributed by atoms with Gasteiger partial charge in [0.2, 0.25) is 0 Å². The zero-order chi connectivity index (χ0) is 11.5. The summed E-state index contributed by atoms with van der Waals surface area (Å²) < 4.78 is 0. The Bertz CT molecular complexity index is 153. The van der Waals surface area contributed by atoms with Crippen LogP contribution in [0, 0.1) is 5.92 Å². The highest BCUT2D eigenvalue weighted by atomic mass is 16.1. The largest absolute Gasteiger partial charge is 0.303 e. The van der Waals surface area contributed by atoms with Crippen molar-refractivity contribution >= 4 is 6.29 Å². The van der Waals surface area contributed by atoms with Gasteiger partial charge in [0, 0.05) is 6.42 Å². The molecule has 0 aliphatic heterocycles. The number of hydrogen-bond donors (Lipinski definition) is 0. The molecule has 0 amide bonds. The zero-order valence-electron chi connectivity index (χ0n) is 10.8. The van der Waals surface area contributed by atoms with E-state index in [0.717, 1.165) is 25.0 Å². The highest BCUT2D eigenvalue weighted by Gasteiger charge is 2.08. The minimum Gasteiger partial charge on any atom is -0.303 e. The molecule has 0 atom stereocenters. The first kappa shape index (κ1) is 13.7. The number of hydrogen-bond acceptors (Lipinski definition) is 1. The lowest BCUT2D eigenvalue weighted by molar-refractivity contribution is -0.108. The van der Waals surface area contributed by atoms with Crippen molar-refractivity contribution in [1.29, 1.82) is 0 Å². The van der Waals surface area contributed by atoms with Gasteiger partial charge in [-0.15, -0.1) is 0 Å². The maximum atomic E-state index is 10.4. The second-order valence-electron chi connectivity index (χ2n) is 5.37. The summed E-state index contributed by atoms with van der Waals surface area (Å²) in [5, 5.41) is 0. The average molecular weight is 224 g/mol. The number of carbonyl (C=O) groups excluding carboxylic acids is 1. The van der Waals surface area contributed by atoms with Crippen molar-refractivity contribution in [2.24, 2.45) is 5.92 Å². The second kappa shape index (κ2) is 9.86. The molecule has 1 heteroatoms. The Hall–Kier alpha value is -0.330. The zero-order valence-corrected chi connectivity index (χ0v) is 10.8. The van der Waals surface area contributed by atoms with Crippen molar-refractivity contribution in [2.75, 3.05) is 0 Å². The van der Waals surface area contributed by atoms with Gasteiger partial charge >= 0.3 is 0 Å². The quantitative estimate of drug-likeness (QED) is 0.624. The lowest BCUT2D eigenvalue weighted by Gasteiger charge is -2.16. The first-order valence-electron chi connectivity index (χ1n) is 7.37. The van der Waals surface area contributed by atoms with Crippen molar-refractivity contribution in [3.63, 3.8) is 0 Å². The molecule has 1 nitrogen and oxygen atoms in total. The van der Waals surface area contributed by atoms with E-state index in [4.69, 9.17) is 0 Å². The molecule has 0 radical (unpaired) electrons. The van der Waals surface area contributed by atoms with Crippen molar-refractivity contribution in [1.82, 2.24) is 0 Å². The molecule has 0 N–H and O–H groups in total. The molecule has 0 aromatic carbocycles. The van der Waals surface area contributed by atoms with E-state index < -0.39 is 0 Å². The summed E-state index contributed by atoms with van der Waals surface area (Å²) in [4.78, 5) is 10.4. The van der Waals surface area contributed by atoms with Crippen molar-refractivity contribution in [3.8, 4) is 0 Å². The van der Waals surface area contributed by atoms with Gasteiger partial charge in [0.1, 0.15) is 6.29 Å². The SMILES string of the molecule is O=CCCC1CCCCCCCCCCC1. The molecule has 1 fully saturated rings. The number of aldehydes is 1. The molecule has 1 aliphatic carbocycles. The Morgan fingerprint density at radius 1 is 0.750 bits per heavy atom. The fourth-order valence-electron chi connectivity index (χ4n) is 2.84. The van der Waals surface area contributed by atoms with E-state index in [1.807, 2.05) is 0 Å². The first-order chi connectivity index (χ1) is 7.93. The molecule has 1 aliphatic rings. The summed E-state index contributed by atoms with van der Waals surface area (Å²) in [6.45, 7) is 0. The highest BCUT2D eigenvalue weighted by molar-refractivity contribution is 5.49. The third-order valence-electron chi connectivity index (χ3n) is 3.92. The lowest BCUT2D eigenvalue weighted by atomic mass is 9.90. The van der Waals surface area contributed by atoms with E-state index in [1.54, 1.807) is 0 Å². The monoisotopic (exact) mass is 224 g/mol. The summed E-state index contributed by atoms with van der Waals surface area (Å²) in [7, 11) is 0. The van der Waals surface area contributed by atoms with Gasteiger partial charge in [-0.05, 0) is 12.3 Å². The van der Waals surface area contributed by atoms with Crippen LogP contribution in [-0.2, 0) is 4.79 Å². The van der Waals surface area contributed by atoms with Crippen LogP contribution in [0.3, 0.4) is 0 Å². The molecule has 0 spiro atoms. The third kappa shape index (κ3) is 7.03. The summed E-state index contributed by atoms with van der Waals surface area (Å²) in [6, 6.07) is 0. The van der Waals surface area contributed by atoms with Crippen molar-refractivity contribution in [2.45, 2.75) is 83.5 Å². The standard InChI is InChI=1S/C15H28O/c16-14-10-13-15-11-8-6-4-2-1-3-5-7-9-12-15/h14-15H,1-13H2. The first-order valence-corrected chi connectivity index (χ1v) is 7.37. The van der Waals surface area contributed by atoms with Crippen LogP contribution in [0.15, 0.2) is 0 Å². The smallest absolute Gasteiger partial charge is 0.120 e. The van der Waals surface area contributed by atoms with Gasteiger partial charge < -0.3 is 4.79 Å². The van der Waals surface area contributed by atoms with Crippen LogP contribution in [0.1, 0.15) is 83.5 Å².